The van der Waals surface area contributed by atoms with Gasteiger partial charge in [-0.25, -0.2) is 4.99 Å². The summed E-state index contributed by atoms with van der Waals surface area (Å²) in [7, 11) is 0. The van der Waals surface area contributed by atoms with E-state index in [9.17, 15) is 0 Å². The van der Waals surface area contributed by atoms with Crippen molar-refractivity contribution in [2.24, 2.45) is 10.7 Å². The normalized spacial score (nSPS) is 11.4. The zero-order chi connectivity index (χ0) is 13.5. The Kier molecular flexibility index (Phi) is 5.52. The van der Waals surface area contributed by atoms with Gasteiger partial charge in [0.2, 0.25) is 0 Å². The lowest BCUT2D eigenvalue weighted by molar-refractivity contribution is 0.242. The van der Waals surface area contributed by atoms with Crippen LogP contribution in [0, 0.1) is 0 Å². The lowest BCUT2D eigenvalue weighted by Crippen LogP contribution is -2.22. The van der Waals surface area contributed by atoms with Gasteiger partial charge in [-0.1, -0.05) is 18.2 Å². The van der Waals surface area contributed by atoms with Crippen LogP contribution in [0.25, 0.3) is 0 Å². The van der Waals surface area contributed by atoms with Crippen molar-refractivity contribution < 1.29 is 4.74 Å². The third-order valence-electron chi connectivity index (χ3n) is 1.92. The van der Waals surface area contributed by atoms with Gasteiger partial charge in [0.1, 0.15) is 5.75 Å². The Balaban J connectivity index is 2.58. The van der Waals surface area contributed by atoms with E-state index in [1.165, 1.54) is 0 Å². The van der Waals surface area contributed by atoms with Gasteiger partial charge in [0, 0.05) is 10.7 Å². The molecule has 0 amide bonds. The Hall–Kier alpha value is -1.68. The molecule has 0 heterocycles. The fourth-order valence-electron chi connectivity index (χ4n) is 1.25. The molecule has 4 nitrogen and oxygen atoms in total. The Morgan fingerprint density at radius 1 is 1.44 bits per heavy atom. The minimum atomic E-state index is 0.158. The van der Waals surface area contributed by atoms with Gasteiger partial charge in [0.05, 0.1) is 12.6 Å². The first-order chi connectivity index (χ1) is 8.47. The van der Waals surface area contributed by atoms with Crippen LogP contribution >= 0.6 is 11.6 Å². The number of hydrogen-bond acceptors (Lipinski definition) is 2. The second-order valence-electron chi connectivity index (χ2n) is 4.03. The molecule has 0 spiro atoms. The van der Waals surface area contributed by atoms with E-state index in [1.807, 2.05) is 38.1 Å². The lowest BCUT2D eigenvalue weighted by atomic mass is 10.3. The van der Waals surface area contributed by atoms with Gasteiger partial charge in [-0.15, -0.1) is 0 Å². The van der Waals surface area contributed by atoms with Crippen molar-refractivity contribution >= 4 is 23.2 Å². The Morgan fingerprint density at radius 3 is 2.56 bits per heavy atom. The quantitative estimate of drug-likeness (QED) is 0.637. The van der Waals surface area contributed by atoms with Gasteiger partial charge < -0.3 is 15.8 Å². The second-order valence-corrected chi connectivity index (χ2v) is 4.57. The number of nitrogens with zero attached hydrogens (tertiary/aromatic N) is 1. The minimum absolute atomic E-state index is 0.158. The molecule has 1 aromatic rings. The molecule has 1 aromatic carbocycles. The van der Waals surface area contributed by atoms with Gasteiger partial charge in [-0.2, -0.15) is 0 Å². The predicted octanol–water partition coefficient (Wildman–Crippen LogP) is 2.95. The highest BCUT2D eigenvalue weighted by molar-refractivity contribution is 6.29. The highest BCUT2D eigenvalue weighted by Gasteiger charge is 1.99. The fraction of sp³-hybridized carbons (Fsp3) is 0.308. The first kappa shape index (κ1) is 14.4. The number of aliphatic imine (C=N–C) groups is 1. The van der Waals surface area contributed by atoms with E-state index in [0.29, 0.717) is 17.5 Å². The van der Waals surface area contributed by atoms with Crippen LogP contribution in [0.1, 0.15) is 13.8 Å². The molecule has 0 aliphatic carbocycles. The molecule has 0 unspecified atom stereocenters. The monoisotopic (exact) mass is 267 g/mol. The van der Waals surface area contributed by atoms with E-state index in [2.05, 4.69) is 16.9 Å². The smallest absolute Gasteiger partial charge is 0.193 e. The van der Waals surface area contributed by atoms with Crippen molar-refractivity contribution in [1.82, 2.24) is 0 Å². The van der Waals surface area contributed by atoms with E-state index >= 15 is 0 Å². The standard InChI is InChI=1S/C13H18ClN3O/c1-9(2)18-12-6-4-11(5-7-12)17-13(15)16-8-10(3)14/h4-7,9H,3,8H2,1-2H3,(H3,15,16,17). The summed E-state index contributed by atoms with van der Waals surface area (Å²) in [4.78, 5) is 4.01. The van der Waals surface area contributed by atoms with Crippen molar-refractivity contribution in [2.75, 3.05) is 11.9 Å². The summed E-state index contributed by atoms with van der Waals surface area (Å²) >= 11 is 5.59. The molecule has 18 heavy (non-hydrogen) atoms. The number of guanidine groups is 1. The average Bonchev–Trinajstić information content (AvgIpc) is 2.28. The van der Waals surface area contributed by atoms with Crippen molar-refractivity contribution in [3.05, 3.63) is 35.9 Å². The average molecular weight is 268 g/mol. The molecule has 1 rings (SSSR count). The number of nitrogens with two attached hydrogens (primary N) is 1. The highest BCUT2D eigenvalue weighted by atomic mass is 35.5. The zero-order valence-electron chi connectivity index (χ0n) is 10.6. The van der Waals surface area contributed by atoms with E-state index in [-0.39, 0.29) is 6.10 Å². The molecular weight excluding hydrogens is 250 g/mol. The highest BCUT2D eigenvalue weighted by Crippen LogP contribution is 2.16. The van der Waals surface area contributed by atoms with Gasteiger partial charge in [0.15, 0.2) is 5.96 Å². The zero-order valence-corrected chi connectivity index (χ0v) is 11.4. The molecule has 0 fully saturated rings. The molecule has 0 saturated carbocycles. The molecular formula is C13H18ClN3O. The minimum Gasteiger partial charge on any atom is -0.491 e. The maximum atomic E-state index is 5.68. The molecule has 5 heteroatoms. The molecule has 0 saturated heterocycles. The largest absolute Gasteiger partial charge is 0.491 e. The lowest BCUT2D eigenvalue weighted by Gasteiger charge is -2.10. The topological polar surface area (TPSA) is 59.6 Å². The molecule has 0 aliphatic heterocycles. The SMILES string of the molecule is C=C(Cl)CN=C(N)Nc1ccc(OC(C)C)cc1. The van der Waals surface area contributed by atoms with E-state index < -0.39 is 0 Å². The van der Waals surface area contributed by atoms with Crippen LogP contribution in [-0.4, -0.2) is 18.6 Å². The number of halogens is 1. The summed E-state index contributed by atoms with van der Waals surface area (Å²) in [6.07, 6.45) is 0.158. The van der Waals surface area contributed by atoms with Gasteiger partial charge >= 0.3 is 0 Å². The fourth-order valence-corrected chi connectivity index (χ4v) is 1.31. The first-order valence-corrected chi connectivity index (χ1v) is 6.02. The molecule has 0 aliphatic rings. The molecule has 3 N–H and O–H groups in total. The summed E-state index contributed by atoms with van der Waals surface area (Å²) in [5.41, 5.74) is 6.52. The van der Waals surface area contributed by atoms with Crippen LogP contribution in [0.2, 0.25) is 0 Å². The van der Waals surface area contributed by atoms with Crippen LogP contribution < -0.4 is 15.8 Å². The van der Waals surface area contributed by atoms with Crippen molar-refractivity contribution in [1.29, 1.82) is 0 Å². The van der Waals surface area contributed by atoms with Crippen molar-refractivity contribution in [3.8, 4) is 5.75 Å². The third-order valence-corrected chi connectivity index (χ3v) is 2.04. The number of benzene rings is 1. The summed E-state index contributed by atoms with van der Waals surface area (Å²) in [5.74, 6) is 1.12. The summed E-state index contributed by atoms with van der Waals surface area (Å²) in [6, 6.07) is 7.48. The third kappa shape index (κ3) is 5.59. The summed E-state index contributed by atoms with van der Waals surface area (Å²) in [5, 5.41) is 3.40. The predicted molar refractivity (Wildman–Crippen MR) is 77.3 cm³/mol. The van der Waals surface area contributed by atoms with E-state index in [1.54, 1.807) is 0 Å². The Labute approximate surface area is 112 Å². The maximum absolute atomic E-state index is 5.68. The van der Waals surface area contributed by atoms with Crippen LogP contribution in [0.15, 0.2) is 40.9 Å². The summed E-state index contributed by atoms with van der Waals surface area (Å²) in [6.45, 7) is 7.80. The molecule has 0 atom stereocenters. The van der Waals surface area contributed by atoms with Crippen molar-refractivity contribution in [2.45, 2.75) is 20.0 Å². The Morgan fingerprint density at radius 2 is 2.06 bits per heavy atom. The summed E-state index contributed by atoms with van der Waals surface area (Å²) < 4.78 is 5.53. The van der Waals surface area contributed by atoms with Gasteiger partial charge in [-0.3, -0.25) is 0 Å². The number of ether oxygens (including phenoxy) is 1. The number of anilines is 1. The van der Waals surface area contributed by atoms with Gasteiger partial charge in [-0.05, 0) is 38.1 Å². The van der Waals surface area contributed by atoms with E-state index in [4.69, 9.17) is 22.1 Å². The number of rotatable bonds is 5. The van der Waals surface area contributed by atoms with Crippen LogP contribution in [0.5, 0.6) is 5.75 Å². The maximum Gasteiger partial charge on any atom is 0.193 e. The molecule has 0 bridgehead atoms. The second kappa shape index (κ2) is 6.91. The van der Waals surface area contributed by atoms with Crippen molar-refractivity contribution in [3.63, 3.8) is 0 Å². The van der Waals surface area contributed by atoms with Crippen LogP contribution in [-0.2, 0) is 0 Å². The number of hydrogen-bond donors (Lipinski definition) is 2. The van der Waals surface area contributed by atoms with Crippen LogP contribution in [0.4, 0.5) is 5.69 Å². The van der Waals surface area contributed by atoms with Gasteiger partial charge in [0.25, 0.3) is 0 Å². The molecule has 0 radical (unpaired) electrons. The molecule has 98 valence electrons. The van der Waals surface area contributed by atoms with E-state index in [0.717, 1.165) is 11.4 Å². The molecule has 0 aromatic heterocycles. The first-order valence-electron chi connectivity index (χ1n) is 5.64. The number of nitrogens with one attached hydrogen (secondary N) is 1. The van der Waals surface area contributed by atoms with Crippen LogP contribution in [0.3, 0.4) is 0 Å². The Bertz CT molecular complexity index is 426.